The molecule has 2 atom stereocenters. The van der Waals surface area contributed by atoms with Gasteiger partial charge in [0.2, 0.25) is 0 Å². The van der Waals surface area contributed by atoms with Gasteiger partial charge in [0.25, 0.3) is 0 Å². The van der Waals surface area contributed by atoms with Crippen LogP contribution in [0, 0.1) is 5.92 Å². The Morgan fingerprint density at radius 1 is 1.47 bits per heavy atom. The van der Waals surface area contributed by atoms with Gasteiger partial charge in [-0.25, -0.2) is 8.42 Å². The van der Waals surface area contributed by atoms with Gasteiger partial charge in [-0.05, 0) is 12.3 Å². The lowest BCUT2D eigenvalue weighted by Gasteiger charge is -2.20. The highest BCUT2D eigenvalue weighted by molar-refractivity contribution is 7.93. The summed E-state index contributed by atoms with van der Waals surface area (Å²) in [7, 11) is -3.62. The van der Waals surface area contributed by atoms with E-state index in [0.29, 0.717) is 13.0 Å². The summed E-state index contributed by atoms with van der Waals surface area (Å²) in [4.78, 5) is 10.9. The Labute approximate surface area is 89.3 Å². The molecule has 15 heavy (non-hydrogen) atoms. The Balaban J connectivity index is 2.95. The topological polar surface area (TPSA) is 80.7 Å². The van der Waals surface area contributed by atoms with E-state index in [4.69, 9.17) is 9.84 Å². The van der Waals surface area contributed by atoms with Crippen LogP contribution >= 0.6 is 0 Å². The molecule has 1 N–H and O–H groups in total. The number of hydrogen-bond acceptors (Lipinski definition) is 4. The number of carboxylic acids is 1. The first kappa shape index (κ1) is 12.4. The quantitative estimate of drug-likeness (QED) is 0.759. The Morgan fingerprint density at radius 2 is 2.07 bits per heavy atom. The highest BCUT2D eigenvalue weighted by Crippen LogP contribution is 2.23. The zero-order chi connectivity index (χ0) is 11.6. The molecule has 1 saturated heterocycles. The molecule has 5 nitrogen and oxygen atoms in total. The normalized spacial score (nSPS) is 24.3. The molecule has 88 valence electrons. The molecule has 0 aliphatic carbocycles. The maximum Gasteiger partial charge on any atom is 0.322 e. The molecule has 0 radical (unpaired) electrons. The van der Waals surface area contributed by atoms with Crippen molar-refractivity contribution in [3.8, 4) is 0 Å². The molecule has 1 fully saturated rings. The van der Waals surface area contributed by atoms with E-state index in [1.165, 1.54) is 0 Å². The standard InChI is InChI=1S/C9H16O5S/c1-6(2)8(9(10)11)15(12,13)7-3-4-14-5-7/h6-8H,3-5H2,1-2H3,(H,10,11). The van der Waals surface area contributed by atoms with Crippen LogP contribution in [-0.2, 0) is 19.4 Å². The predicted octanol–water partition coefficient (Wildman–Crippen LogP) is 0.299. The fourth-order valence-corrected chi connectivity index (χ4v) is 3.95. The van der Waals surface area contributed by atoms with Crippen molar-refractivity contribution in [2.45, 2.75) is 30.8 Å². The third-order valence-corrected chi connectivity index (χ3v) is 5.31. The third-order valence-electron chi connectivity index (χ3n) is 2.56. The van der Waals surface area contributed by atoms with Gasteiger partial charge in [0, 0.05) is 6.61 Å². The van der Waals surface area contributed by atoms with E-state index in [2.05, 4.69) is 0 Å². The van der Waals surface area contributed by atoms with Crippen LogP contribution < -0.4 is 0 Å². The number of hydrogen-bond donors (Lipinski definition) is 1. The largest absolute Gasteiger partial charge is 0.480 e. The molecule has 0 spiro atoms. The zero-order valence-electron chi connectivity index (χ0n) is 8.84. The number of aliphatic carboxylic acids is 1. The summed E-state index contributed by atoms with van der Waals surface area (Å²) in [5.74, 6) is -1.69. The van der Waals surface area contributed by atoms with Crippen LogP contribution in [0.1, 0.15) is 20.3 Å². The Kier molecular flexibility index (Phi) is 3.72. The monoisotopic (exact) mass is 236 g/mol. The Morgan fingerprint density at radius 3 is 2.40 bits per heavy atom. The van der Waals surface area contributed by atoms with Crippen molar-refractivity contribution >= 4 is 15.8 Å². The fourth-order valence-electron chi connectivity index (χ4n) is 1.78. The first-order chi connectivity index (χ1) is 6.87. The van der Waals surface area contributed by atoms with Crippen LogP contribution in [0.25, 0.3) is 0 Å². The van der Waals surface area contributed by atoms with Crippen LogP contribution in [0.2, 0.25) is 0 Å². The molecule has 0 aromatic carbocycles. The molecule has 0 aromatic rings. The molecular formula is C9H16O5S. The molecule has 0 amide bonds. The second-order valence-electron chi connectivity index (χ2n) is 4.08. The maximum absolute atomic E-state index is 12.0. The van der Waals surface area contributed by atoms with Crippen molar-refractivity contribution < 1.29 is 23.1 Å². The summed E-state index contributed by atoms with van der Waals surface area (Å²) in [5.41, 5.74) is 0. The summed E-state index contributed by atoms with van der Waals surface area (Å²) in [6.07, 6.45) is 0.402. The van der Waals surface area contributed by atoms with Crippen molar-refractivity contribution in [3.05, 3.63) is 0 Å². The number of ether oxygens (including phenoxy) is 1. The summed E-state index contributed by atoms with van der Waals surface area (Å²) >= 11 is 0. The second kappa shape index (κ2) is 4.49. The van der Waals surface area contributed by atoms with Gasteiger partial charge in [-0.2, -0.15) is 0 Å². The number of rotatable bonds is 4. The Hall–Kier alpha value is -0.620. The molecule has 0 aromatic heterocycles. The summed E-state index contributed by atoms with van der Waals surface area (Å²) in [6, 6.07) is 0. The minimum Gasteiger partial charge on any atom is -0.480 e. The van der Waals surface area contributed by atoms with Gasteiger partial charge in [-0.15, -0.1) is 0 Å². The highest BCUT2D eigenvalue weighted by atomic mass is 32.2. The van der Waals surface area contributed by atoms with E-state index in [0.717, 1.165) is 0 Å². The van der Waals surface area contributed by atoms with Crippen molar-refractivity contribution in [1.82, 2.24) is 0 Å². The smallest absolute Gasteiger partial charge is 0.322 e. The molecule has 1 rings (SSSR count). The average molecular weight is 236 g/mol. The van der Waals surface area contributed by atoms with E-state index in [1.54, 1.807) is 13.8 Å². The fraction of sp³-hybridized carbons (Fsp3) is 0.889. The van der Waals surface area contributed by atoms with Crippen molar-refractivity contribution in [1.29, 1.82) is 0 Å². The number of sulfone groups is 1. The van der Waals surface area contributed by atoms with Gasteiger partial charge in [-0.1, -0.05) is 13.8 Å². The van der Waals surface area contributed by atoms with Gasteiger partial charge in [0.15, 0.2) is 15.1 Å². The Bertz CT molecular complexity index is 326. The maximum atomic E-state index is 12.0. The van der Waals surface area contributed by atoms with Crippen LogP contribution in [0.5, 0.6) is 0 Å². The lowest BCUT2D eigenvalue weighted by atomic mass is 10.1. The van der Waals surface area contributed by atoms with E-state index >= 15 is 0 Å². The van der Waals surface area contributed by atoms with Crippen molar-refractivity contribution in [3.63, 3.8) is 0 Å². The molecule has 1 aliphatic rings. The average Bonchev–Trinajstić information content (AvgIpc) is 2.52. The molecule has 6 heteroatoms. The molecule has 0 saturated carbocycles. The van der Waals surface area contributed by atoms with E-state index in [9.17, 15) is 13.2 Å². The lowest BCUT2D eigenvalue weighted by Crippen LogP contribution is -2.41. The molecular weight excluding hydrogens is 220 g/mol. The van der Waals surface area contributed by atoms with Gasteiger partial charge in [-0.3, -0.25) is 4.79 Å². The number of carboxylic acid groups (broad SMARTS) is 1. The van der Waals surface area contributed by atoms with E-state index in [-0.39, 0.29) is 6.61 Å². The summed E-state index contributed by atoms with van der Waals surface area (Å²) < 4.78 is 28.9. The molecule has 1 heterocycles. The van der Waals surface area contributed by atoms with Gasteiger partial charge in [0.1, 0.15) is 0 Å². The van der Waals surface area contributed by atoms with Crippen LogP contribution in [0.4, 0.5) is 0 Å². The second-order valence-corrected chi connectivity index (χ2v) is 6.43. The molecule has 2 unspecified atom stereocenters. The first-order valence-corrected chi connectivity index (χ1v) is 6.51. The molecule has 0 bridgehead atoms. The predicted molar refractivity (Wildman–Crippen MR) is 54.4 cm³/mol. The summed E-state index contributed by atoms with van der Waals surface area (Å²) in [5, 5.41) is 6.95. The van der Waals surface area contributed by atoms with Gasteiger partial charge >= 0.3 is 5.97 Å². The first-order valence-electron chi connectivity index (χ1n) is 4.90. The van der Waals surface area contributed by atoms with Crippen LogP contribution in [0.3, 0.4) is 0 Å². The van der Waals surface area contributed by atoms with E-state index < -0.39 is 32.2 Å². The van der Waals surface area contributed by atoms with Crippen molar-refractivity contribution in [2.24, 2.45) is 5.92 Å². The van der Waals surface area contributed by atoms with Crippen LogP contribution in [-0.4, -0.2) is 43.2 Å². The summed E-state index contributed by atoms with van der Waals surface area (Å²) in [6.45, 7) is 3.73. The number of carbonyl (C=O) groups is 1. The SMILES string of the molecule is CC(C)C(C(=O)O)S(=O)(=O)C1CCOC1. The van der Waals surface area contributed by atoms with Gasteiger partial charge in [0.05, 0.1) is 11.9 Å². The minimum absolute atomic E-state index is 0.124. The lowest BCUT2D eigenvalue weighted by molar-refractivity contribution is -0.137. The van der Waals surface area contributed by atoms with E-state index in [1.807, 2.05) is 0 Å². The van der Waals surface area contributed by atoms with Gasteiger partial charge < -0.3 is 9.84 Å². The zero-order valence-corrected chi connectivity index (χ0v) is 9.66. The van der Waals surface area contributed by atoms with Crippen LogP contribution in [0.15, 0.2) is 0 Å². The minimum atomic E-state index is -3.62. The van der Waals surface area contributed by atoms with Crippen molar-refractivity contribution in [2.75, 3.05) is 13.2 Å². The molecule has 1 aliphatic heterocycles. The third kappa shape index (κ3) is 2.49. The highest BCUT2D eigenvalue weighted by Gasteiger charge is 2.42.